The molecule has 0 amide bonds. The molecule has 0 aliphatic heterocycles. The van der Waals surface area contributed by atoms with Crippen molar-refractivity contribution in [2.75, 3.05) is 7.11 Å². The van der Waals surface area contributed by atoms with Crippen molar-refractivity contribution in [1.82, 2.24) is 0 Å². The molecule has 0 radical (unpaired) electrons. The van der Waals surface area contributed by atoms with E-state index in [0.29, 0.717) is 0 Å². The highest BCUT2D eigenvalue weighted by atomic mass is 31.2. The Morgan fingerprint density at radius 2 is 1.32 bits per heavy atom. The Morgan fingerprint density at radius 1 is 0.842 bits per heavy atom. The average Bonchev–Trinajstić information content (AvgIpc) is 2.36. The van der Waals surface area contributed by atoms with E-state index in [1.807, 2.05) is 39.8 Å². The second kappa shape index (κ2) is 7.84. The van der Waals surface area contributed by atoms with Gasteiger partial charge in [-0.15, -0.1) is 0 Å². The minimum Gasteiger partial charge on any atom is -0.497 e. The normalized spacial score (nSPS) is 13.3. The van der Waals surface area contributed by atoms with Crippen molar-refractivity contribution in [3.05, 3.63) is 29.8 Å². The average molecular weight is 284 g/mol. The van der Waals surface area contributed by atoms with Gasteiger partial charge in [0, 0.05) is 0 Å². The van der Waals surface area contributed by atoms with E-state index in [9.17, 15) is 0 Å². The van der Waals surface area contributed by atoms with Crippen LogP contribution < -0.4 is 4.74 Å². The predicted molar refractivity (Wildman–Crippen MR) is 80.8 cm³/mol. The summed E-state index contributed by atoms with van der Waals surface area (Å²) in [5.74, 6) is 0.870. The van der Waals surface area contributed by atoms with Gasteiger partial charge in [0.05, 0.1) is 25.0 Å². The summed E-state index contributed by atoms with van der Waals surface area (Å²) in [4.78, 5) is 0. The molecule has 0 saturated heterocycles. The van der Waals surface area contributed by atoms with E-state index in [1.54, 1.807) is 7.11 Å². The zero-order valence-corrected chi connectivity index (χ0v) is 13.6. The molecule has 108 valence electrons. The lowest BCUT2D eigenvalue weighted by atomic mass is 10.2. The fourth-order valence-corrected chi connectivity index (χ4v) is 3.29. The quantitative estimate of drug-likeness (QED) is 0.665. The first-order valence-electron chi connectivity index (χ1n) is 6.70. The maximum Gasteiger partial charge on any atom is 0.178 e. The topological polar surface area (TPSA) is 27.7 Å². The molecule has 4 heteroatoms. The highest BCUT2D eigenvalue weighted by Crippen LogP contribution is 2.54. The highest BCUT2D eigenvalue weighted by molar-refractivity contribution is 7.47. The third-order valence-corrected chi connectivity index (χ3v) is 4.73. The minimum atomic E-state index is -0.932. The SMILES string of the molecule is COc1ccc(C(C)P(OC(C)C)OC(C)C)cc1. The van der Waals surface area contributed by atoms with E-state index < -0.39 is 8.38 Å². The van der Waals surface area contributed by atoms with Crippen LogP contribution in [0, 0.1) is 0 Å². The highest BCUT2D eigenvalue weighted by Gasteiger charge is 2.24. The molecule has 1 aromatic rings. The minimum absolute atomic E-state index is 0.172. The molecule has 0 spiro atoms. The van der Waals surface area contributed by atoms with Crippen LogP contribution in [0.3, 0.4) is 0 Å². The lowest BCUT2D eigenvalue weighted by Crippen LogP contribution is -2.08. The number of rotatable bonds is 7. The number of benzene rings is 1. The first-order chi connectivity index (χ1) is 8.93. The molecule has 0 N–H and O–H groups in total. The zero-order valence-electron chi connectivity index (χ0n) is 12.7. The molecule has 1 aromatic carbocycles. The molecule has 1 unspecified atom stereocenters. The number of ether oxygens (including phenoxy) is 1. The maximum absolute atomic E-state index is 5.95. The maximum atomic E-state index is 5.95. The van der Waals surface area contributed by atoms with E-state index in [0.717, 1.165) is 5.75 Å². The summed E-state index contributed by atoms with van der Waals surface area (Å²) in [5.41, 5.74) is 1.46. The van der Waals surface area contributed by atoms with Crippen LogP contribution in [0.25, 0.3) is 0 Å². The molecule has 0 aliphatic rings. The molecule has 19 heavy (non-hydrogen) atoms. The van der Waals surface area contributed by atoms with Crippen LogP contribution in [-0.2, 0) is 9.05 Å². The van der Waals surface area contributed by atoms with Crippen molar-refractivity contribution in [1.29, 1.82) is 0 Å². The van der Waals surface area contributed by atoms with Crippen molar-refractivity contribution in [3.8, 4) is 5.75 Å². The van der Waals surface area contributed by atoms with Gasteiger partial charge < -0.3 is 13.8 Å². The molecule has 3 nitrogen and oxygen atoms in total. The van der Waals surface area contributed by atoms with Crippen LogP contribution in [-0.4, -0.2) is 19.3 Å². The molecule has 0 bridgehead atoms. The van der Waals surface area contributed by atoms with Crippen molar-refractivity contribution >= 4 is 8.38 Å². The largest absolute Gasteiger partial charge is 0.497 e. The van der Waals surface area contributed by atoms with E-state index in [-0.39, 0.29) is 17.9 Å². The standard InChI is InChI=1S/C15H25O3P/c1-11(2)17-19(18-12(3)4)13(5)14-7-9-15(16-6)10-8-14/h7-13H,1-6H3. The summed E-state index contributed by atoms with van der Waals surface area (Å²) in [6, 6.07) is 8.10. The number of hydrogen-bond donors (Lipinski definition) is 0. The molecule has 0 aliphatic carbocycles. The summed E-state index contributed by atoms with van der Waals surface area (Å²) in [7, 11) is 0.744. The Hall–Kier alpha value is -0.630. The summed E-state index contributed by atoms with van der Waals surface area (Å²) >= 11 is 0. The van der Waals surface area contributed by atoms with Crippen LogP contribution in [0.4, 0.5) is 0 Å². The molecule has 0 aromatic heterocycles. The van der Waals surface area contributed by atoms with Gasteiger partial charge in [0.25, 0.3) is 0 Å². The van der Waals surface area contributed by atoms with Crippen LogP contribution in [0.15, 0.2) is 24.3 Å². The van der Waals surface area contributed by atoms with Gasteiger partial charge in [0.15, 0.2) is 8.38 Å². The Morgan fingerprint density at radius 3 is 1.68 bits per heavy atom. The Kier molecular flexibility index (Phi) is 6.78. The Balaban J connectivity index is 2.80. The second-order valence-corrected chi connectivity index (χ2v) is 6.81. The van der Waals surface area contributed by atoms with Crippen molar-refractivity contribution < 1.29 is 13.8 Å². The molecular weight excluding hydrogens is 259 g/mol. The summed E-state index contributed by atoms with van der Waals surface area (Å²) in [6.07, 6.45) is 0.344. The second-order valence-electron chi connectivity index (χ2n) is 5.04. The zero-order chi connectivity index (χ0) is 14.4. The van der Waals surface area contributed by atoms with Crippen LogP contribution in [0.5, 0.6) is 5.75 Å². The molecular formula is C15H25O3P. The van der Waals surface area contributed by atoms with Gasteiger partial charge in [-0.3, -0.25) is 0 Å². The van der Waals surface area contributed by atoms with E-state index in [2.05, 4.69) is 19.1 Å². The van der Waals surface area contributed by atoms with E-state index >= 15 is 0 Å². The monoisotopic (exact) mass is 284 g/mol. The number of methoxy groups -OCH3 is 1. The van der Waals surface area contributed by atoms with Gasteiger partial charge in [0.2, 0.25) is 0 Å². The Bertz CT molecular complexity index is 352. The number of hydrogen-bond acceptors (Lipinski definition) is 3. The molecule has 0 fully saturated rings. The van der Waals surface area contributed by atoms with Crippen LogP contribution in [0.2, 0.25) is 0 Å². The summed E-state index contributed by atoms with van der Waals surface area (Å²) in [6.45, 7) is 10.3. The third kappa shape index (κ3) is 5.48. The van der Waals surface area contributed by atoms with Gasteiger partial charge in [-0.1, -0.05) is 12.1 Å². The third-order valence-electron chi connectivity index (χ3n) is 2.54. The molecule has 1 atom stereocenters. The fraction of sp³-hybridized carbons (Fsp3) is 0.600. The van der Waals surface area contributed by atoms with E-state index in [4.69, 9.17) is 13.8 Å². The summed E-state index contributed by atoms with van der Waals surface area (Å²) in [5, 5.41) is 0. The van der Waals surface area contributed by atoms with Crippen molar-refractivity contribution in [3.63, 3.8) is 0 Å². The van der Waals surface area contributed by atoms with Gasteiger partial charge in [-0.25, -0.2) is 0 Å². The van der Waals surface area contributed by atoms with Gasteiger partial charge >= 0.3 is 0 Å². The lowest BCUT2D eigenvalue weighted by molar-refractivity contribution is 0.173. The predicted octanol–water partition coefficient (Wildman–Crippen LogP) is 4.92. The van der Waals surface area contributed by atoms with Crippen LogP contribution in [0.1, 0.15) is 45.8 Å². The molecule has 0 heterocycles. The first kappa shape index (κ1) is 16.4. The van der Waals surface area contributed by atoms with Gasteiger partial charge in [-0.05, 0) is 52.3 Å². The fourth-order valence-electron chi connectivity index (χ4n) is 1.63. The molecule has 0 saturated carbocycles. The van der Waals surface area contributed by atoms with Crippen molar-refractivity contribution in [2.24, 2.45) is 0 Å². The van der Waals surface area contributed by atoms with Gasteiger partial charge in [-0.2, -0.15) is 0 Å². The Labute approximate surface area is 118 Å². The van der Waals surface area contributed by atoms with Gasteiger partial charge in [0.1, 0.15) is 5.75 Å². The smallest absolute Gasteiger partial charge is 0.178 e. The van der Waals surface area contributed by atoms with Crippen LogP contribution >= 0.6 is 8.38 Å². The molecule has 1 rings (SSSR count). The first-order valence-corrected chi connectivity index (χ1v) is 7.95. The lowest BCUT2D eigenvalue weighted by Gasteiger charge is -2.27. The van der Waals surface area contributed by atoms with Crippen molar-refractivity contribution in [2.45, 2.75) is 52.5 Å². The summed E-state index contributed by atoms with van der Waals surface area (Å²) < 4.78 is 17.1. The van der Waals surface area contributed by atoms with E-state index in [1.165, 1.54) is 5.56 Å².